The molecule has 0 unspecified atom stereocenters. The lowest BCUT2D eigenvalue weighted by Gasteiger charge is -2.33. The number of rotatable bonds is 6. The predicted molar refractivity (Wildman–Crippen MR) is 93.9 cm³/mol. The van der Waals surface area contributed by atoms with Crippen molar-refractivity contribution in [3.63, 3.8) is 0 Å². The third-order valence-corrected chi connectivity index (χ3v) is 4.30. The summed E-state index contributed by atoms with van der Waals surface area (Å²) in [7, 11) is 0. The van der Waals surface area contributed by atoms with Gasteiger partial charge in [-0.25, -0.2) is 4.39 Å². The van der Waals surface area contributed by atoms with Crippen molar-refractivity contribution in [2.24, 2.45) is 5.41 Å². The topological polar surface area (TPSA) is 29.1 Å². The van der Waals surface area contributed by atoms with Gasteiger partial charge in [0.25, 0.3) is 0 Å². The van der Waals surface area contributed by atoms with Gasteiger partial charge >= 0.3 is 0 Å². The van der Waals surface area contributed by atoms with Crippen molar-refractivity contribution in [3.8, 4) is 0 Å². The number of hydrogen-bond acceptors (Lipinski definition) is 2. The summed E-state index contributed by atoms with van der Waals surface area (Å²) < 4.78 is 13.6. The normalized spacial score (nSPS) is 12.3. The molecule has 0 saturated carbocycles. The molecule has 0 aliphatic carbocycles. The molecule has 0 spiro atoms. The molecule has 1 aromatic carbocycles. The Morgan fingerprint density at radius 1 is 1.27 bits per heavy atom. The second-order valence-corrected chi connectivity index (χ2v) is 8.76. The highest BCUT2D eigenvalue weighted by atomic mass is 35.5. The van der Waals surface area contributed by atoms with Crippen molar-refractivity contribution < 1.29 is 9.18 Å². The first-order valence-electron chi connectivity index (χ1n) is 7.32. The summed E-state index contributed by atoms with van der Waals surface area (Å²) in [6.07, 6.45) is 0.884. The third kappa shape index (κ3) is 7.01. The number of amides is 1. The van der Waals surface area contributed by atoms with E-state index in [1.165, 1.54) is 17.8 Å². The van der Waals surface area contributed by atoms with Crippen LogP contribution < -0.4 is 5.32 Å². The summed E-state index contributed by atoms with van der Waals surface area (Å²) in [5.41, 5.74) is 0.340. The molecule has 1 aromatic rings. The number of halogens is 2. The average molecular weight is 346 g/mol. The quantitative estimate of drug-likeness (QED) is 0.782. The van der Waals surface area contributed by atoms with Crippen LogP contribution in [0.5, 0.6) is 0 Å². The van der Waals surface area contributed by atoms with E-state index >= 15 is 0 Å². The zero-order valence-corrected chi connectivity index (χ0v) is 15.5. The lowest BCUT2D eigenvalue weighted by atomic mass is 9.82. The van der Waals surface area contributed by atoms with Gasteiger partial charge in [0, 0.05) is 21.9 Å². The largest absolute Gasteiger partial charge is 0.350 e. The molecular weight excluding hydrogens is 321 g/mol. The van der Waals surface area contributed by atoms with Gasteiger partial charge in [0.05, 0.1) is 5.75 Å². The van der Waals surface area contributed by atoms with Crippen LogP contribution in [-0.4, -0.2) is 17.2 Å². The standard InChI is InChI=1S/C17H25ClFNOS/c1-16(2,3)11-17(4,5)20-15(21)10-22-9-12-13(18)7-6-8-14(12)19/h6-8H,9-11H2,1-5H3,(H,20,21). The van der Waals surface area contributed by atoms with Gasteiger partial charge in [-0.05, 0) is 37.8 Å². The Hall–Kier alpha value is -0.740. The van der Waals surface area contributed by atoms with Crippen LogP contribution in [0.15, 0.2) is 18.2 Å². The van der Waals surface area contributed by atoms with Crippen LogP contribution in [0.2, 0.25) is 5.02 Å². The monoisotopic (exact) mass is 345 g/mol. The second-order valence-electron chi connectivity index (χ2n) is 7.36. The van der Waals surface area contributed by atoms with Crippen LogP contribution in [0.1, 0.15) is 46.6 Å². The van der Waals surface area contributed by atoms with Crippen molar-refractivity contribution in [2.45, 2.75) is 52.3 Å². The van der Waals surface area contributed by atoms with E-state index in [0.29, 0.717) is 16.3 Å². The molecule has 0 radical (unpaired) electrons. The van der Waals surface area contributed by atoms with Gasteiger partial charge in [-0.1, -0.05) is 38.4 Å². The Labute approximate surface area is 142 Å². The van der Waals surface area contributed by atoms with Gasteiger partial charge in [0.15, 0.2) is 0 Å². The predicted octanol–water partition coefficient (Wildman–Crippen LogP) is 5.04. The van der Waals surface area contributed by atoms with Crippen molar-refractivity contribution in [2.75, 3.05) is 5.75 Å². The summed E-state index contributed by atoms with van der Waals surface area (Å²) >= 11 is 7.34. The molecule has 0 aromatic heterocycles. The van der Waals surface area contributed by atoms with Crippen molar-refractivity contribution >= 4 is 29.3 Å². The summed E-state index contributed by atoms with van der Waals surface area (Å²) in [6, 6.07) is 4.62. The number of thioether (sulfide) groups is 1. The molecule has 0 heterocycles. The Bertz CT molecular complexity index is 506. The first kappa shape index (κ1) is 19.3. The fraction of sp³-hybridized carbons (Fsp3) is 0.588. The fourth-order valence-electron chi connectivity index (χ4n) is 2.70. The highest BCUT2D eigenvalue weighted by Crippen LogP contribution is 2.27. The second kappa shape index (κ2) is 7.69. The van der Waals surface area contributed by atoms with E-state index in [1.54, 1.807) is 12.1 Å². The maximum absolute atomic E-state index is 13.6. The highest BCUT2D eigenvalue weighted by molar-refractivity contribution is 7.99. The number of nitrogens with one attached hydrogen (secondary N) is 1. The molecule has 1 rings (SSSR count). The van der Waals surface area contributed by atoms with Crippen molar-refractivity contribution in [3.05, 3.63) is 34.6 Å². The molecule has 5 heteroatoms. The van der Waals surface area contributed by atoms with Crippen LogP contribution >= 0.6 is 23.4 Å². The number of benzene rings is 1. The third-order valence-electron chi connectivity index (χ3n) is 2.99. The Kier molecular flexibility index (Phi) is 6.75. The van der Waals surface area contributed by atoms with Gasteiger partial charge < -0.3 is 5.32 Å². The van der Waals surface area contributed by atoms with Crippen LogP contribution in [-0.2, 0) is 10.5 Å². The van der Waals surface area contributed by atoms with Crippen LogP contribution in [0.4, 0.5) is 4.39 Å². The molecular formula is C17H25ClFNOS. The maximum Gasteiger partial charge on any atom is 0.230 e. The molecule has 0 aliphatic rings. The molecule has 0 aliphatic heterocycles. The Balaban J connectivity index is 2.47. The van der Waals surface area contributed by atoms with Gasteiger partial charge in [0.2, 0.25) is 5.91 Å². The molecule has 2 nitrogen and oxygen atoms in total. The minimum absolute atomic E-state index is 0.0355. The maximum atomic E-state index is 13.6. The molecule has 0 atom stereocenters. The van der Waals surface area contributed by atoms with Gasteiger partial charge in [-0.15, -0.1) is 11.8 Å². The van der Waals surface area contributed by atoms with E-state index in [1.807, 2.05) is 13.8 Å². The molecule has 0 fully saturated rings. The van der Waals surface area contributed by atoms with Crippen LogP contribution in [0.3, 0.4) is 0 Å². The van der Waals surface area contributed by atoms with E-state index < -0.39 is 0 Å². The summed E-state index contributed by atoms with van der Waals surface area (Å²) in [5, 5.41) is 3.45. The molecule has 0 saturated heterocycles. The first-order chi connectivity index (χ1) is 10.0. The lowest BCUT2D eigenvalue weighted by Crippen LogP contribution is -2.46. The first-order valence-corrected chi connectivity index (χ1v) is 8.85. The van der Waals surface area contributed by atoms with E-state index in [9.17, 15) is 9.18 Å². The smallest absolute Gasteiger partial charge is 0.230 e. The van der Waals surface area contributed by atoms with Crippen molar-refractivity contribution in [1.82, 2.24) is 5.32 Å². The Morgan fingerprint density at radius 3 is 2.45 bits per heavy atom. The van der Waals surface area contributed by atoms with Crippen LogP contribution in [0, 0.1) is 11.2 Å². The summed E-state index contributed by atoms with van der Waals surface area (Å²) in [4.78, 5) is 12.0. The van der Waals surface area contributed by atoms with Crippen LogP contribution in [0.25, 0.3) is 0 Å². The van der Waals surface area contributed by atoms with E-state index in [4.69, 9.17) is 11.6 Å². The Morgan fingerprint density at radius 2 is 1.91 bits per heavy atom. The zero-order chi connectivity index (χ0) is 17.0. The van der Waals surface area contributed by atoms with Crippen molar-refractivity contribution in [1.29, 1.82) is 0 Å². The summed E-state index contributed by atoms with van der Waals surface area (Å²) in [6.45, 7) is 10.5. The number of carbonyl (C=O) groups is 1. The molecule has 0 bridgehead atoms. The number of carbonyl (C=O) groups excluding carboxylic acids is 1. The average Bonchev–Trinajstić information content (AvgIpc) is 2.28. The van der Waals surface area contributed by atoms with Gasteiger partial charge in [0.1, 0.15) is 5.82 Å². The fourth-order valence-corrected chi connectivity index (χ4v) is 3.87. The zero-order valence-electron chi connectivity index (χ0n) is 13.9. The molecule has 1 amide bonds. The SMILES string of the molecule is CC(C)(C)CC(C)(C)NC(=O)CSCc1c(F)cccc1Cl. The molecule has 124 valence electrons. The minimum Gasteiger partial charge on any atom is -0.350 e. The summed E-state index contributed by atoms with van der Waals surface area (Å²) in [5.74, 6) is 0.317. The number of hydrogen-bond donors (Lipinski definition) is 1. The van der Waals surface area contributed by atoms with E-state index in [0.717, 1.165) is 6.42 Å². The van der Waals surface area contributed by atoms with E-state index in [-0.39, 0.29) is 28.4 Å². The minimum atomic E-state index is -0.325. The van der Waals surface area contributed by atoms with Gasteiger partial charge in [-0.2, -0.15) is 0 Å². The molecule has 22 heavy (non-hydrogen) atoms. The van der Waals surface area contributed by atoms with Gasteiger partial charge in [-0.3, -0.25) is 4.79 Å². The van der Waals surface area contributed by atoms with E-state index in [2.05, 4.69) is 26.1 Å². The molecule has 1 N–H and O–H groups in total. The lowest BCUT2D eigenvalue weighted by molar-refractivity contribution is -0.120. The highest BCUT2D eigenvalue weighted by Gasteiger charge is 2.26.